The van der Waals surface area contributed by atoms with Crippen molar-refractivity contribution in [3.05, 3.63) is 29.5 Å². The number of halogens is 1. The van der Waals surface area contributed by atoms with Crippen LogP contribution in [-0.4, -0.2) is 27.2 Å². The van der Waals surface area contributed by atoms with E-state index in [1.165, 1.54) is 0 Å². The Balaban J connectivity index is 2.05. The van der Waals surface area contributed by atoms with Gasteiger partial charge in [-0.1, -0.05) is 12.1 Å². The molecule has 18 heavy (non-hydrogen) atoms. The van der Waals surface area contributed by atoms with E-state index in [1.807, 2.05) is 24.3 Å². The van der Waals surface area contributed by atoms with Gasteiger partial charge in [-0.3, -0.25) is 0 Å². The average Bonchev–Trinajstić information content (AvgIpc) is 2.33. The van der Waals surface area contributed by atoms with Crippen LogP contribution >= 0.6 is 11.6 Å². The van der Waals surface area contributed by atoms with Crippen molar-refractivity contribution in [1.82, 2.24) is 9.97 Å². The molecule has 0 unspecified atom stereocenters. The predicted molar refractivity (Wildman–Crippen MR) is 71.8 cm³/mol. The van der Waals surface area contributed by atoms with Gasteiger partial charge in [0.2, 0.25) is 5.28 Å². The Morgan fingerprint density at radius 2 is 2.06 bits per heavy atom. The number of nitrogens with zero attached hydrogens (tertiary/aromatic N) is 2. The molecule has 0 atom stereocenters. The van der Waals surface area contributed by atoms with Crippen molar-refractivity contribution in [2.75, 3.05) is 11.9 Å². The van der Waals surface area contributed by atoms with Crippen molar-refractivity contribution < 1.29 is 5.11 Å². The van der Waals surface area contributed by atoms with Crippen LogP contribution in [-0.2, 0) is 0 Å². The number of aliphatic hydroxyl groups excluding tert-OH is 1. The maximum atomic E-state index is 9.50. The molecule has 1 saturated carbocycles. The first kappa shape index (κ1) is 11.7. The Morgan fingerprint density at radius 1 is 1.28 bits per heavy atom. The number of rotatable bonds is 3. The van der Waals surface area contributed by atoms with Gasteiger partial charge in [-0.15, -0.1) is 0 Å². The summed E-state index contributed by atoms with van der Waals surface area (Å²) in [5.74, 6) is 0.708. The highest BCUT2D eigenvalue weighted by Gasteiger charge is 2.36. The number of fused-ring (bicyclic) bond motifs is 1. The van der Waals surface area contributed by atoms with E-state index in [4.69, 9.17) is 11.6 Å². The van der Waals surface area contributed by atoms with Crippen LogP contribution in [0.15, 0.2) is 24.3 Å². The minimum Gasteiger partial charge on any atom is -0.394 e. The molecule has 2 aromatic rings. The topological polar surface area (TPSA) is 58.0 Å². The average molecular weight is 264 g/mol. The Kier molecular flexibility index (Phi) is 2.84. The SMILES string of the molecule is OCC1(Nc2nc(Cl)nc3ccccc23)CCC1. The summed E-state index contributed by atoms with van der Waals surface area (Å²) in [6.45, 7) is 0.114. The molecule has 4 nitrogen and oxygen atoms in total. The molecule has 0 amide bonds. The van der Waals surface area contributed by atoms with Gasteiger partial charge in [0.25, 0.3) is 0 Å². The van der Waals surface area contributed by atoms with Crippen molar-refractivity contribution in [1.29, 1.82) is 0 Å². The molecule has 1 aromatic carbocycles. The first-order valence-electron chi connectivity index (χ1n) is 6.04. The van der Waals surface area contributed by atoms with Gasteiger partial charge in [0.1, 0.15) is 5.82 Å². The first-order valence-corrected chi connectivity index (χ1v) is 6.42. The van der Waals surface area contributed by atoms with E-state index in [-0.39, 0.29) is 17.4 Å². The molecular formula is C13H14ClN3O. The largest absolute Gasteiger partial charge is 0.394 e. The number of hydrogen-bond donors (Lipinski definition) is 2. The Bertz CT molecular complexity index is 578. The van der Waals surface area contributed by atoms with Crippen LogP contribution in [0.4, 0.5) is 5.82 Å². The monoisotopic (exact) mass is 263 g/mol. The minimum atomic E-state index is -0.236. The van der Waals surface area contributed by atoms with E-state index in [1.54, 1.807) is 0 Å². The third-order valence-electron chi connectivity index (χ3n) is 3.57. The molecule has 0 saturated heterocycles. The highest BCUT2D eigenvalue weighted by molar-refractivity contribution is 6.28. The lowest BCUT2D eigenvalue weighted by atomic mass is 9.77. The molecule has 1 aromatic heterocycles. The van der Waals surface area contributed by atoms with E-state index in [2.05, 4.69) is 15.3 Å². The van der Waals surface area contributed by atoms with Gasteiger partial charge in [-0.05, 0) is 43.0 Å². The summed E-state index contributed by atoms with van der Waals surface area (Å²) in [7, 11) is 0. The molecule has 1 aliphatic rings. The van der Waals surface area contributed by atoms with Crippen molar-refractivity contribution in [3.8, 4) is 0 Å². The summed E-state index contributed by atoms with van der Waals surface area (Å²) in [6, 6.07) is 7.72. The second kappa shape index (κ2) is 4.37. The zero-order valence-electron chi connectivity index (χ0n) is 9.86. The van der Waals surface area contributed by atoms with Crippen molar-refractivity contribution in [3.63, 3.8) is 0 Å². The van der Waals surface area contributed by atoms with Crippen LogP contribution in [0.2, 0.25) is 5.28 Å². The van der Waals surface area contributed by atoms with E-state index in [0.29, 0.717) is 5.82 Å². The predicted octanol–water partition coefficient (Wildman–Crippen LogP) is 2.61. The van der Waals surface area contributed by atoms with E-state index < -0.39 is 0 Å². The number of anilines is 1. The number of aromatic nitrogens is 2. The Labute approximate surface area is 110 Å². The molecule has 1 aliphatic carbocycles. The van der Waals surface area contributed by atoms with Crippen molar-refractivity contribution >= 4 is 28.3 Å². The number of benzene rings is 1. The lowest BCUT2D eigenvalue weighted by Crippen LogP contribution is -2.48. The van der Waals surface area contributed by atoms with Gasteiger partial charge in [0.15, 0.2) is 0 Å². The summed E-state index contributed by atoms with van der Waals surface area (Å²) in [5.41, 5.74) is 0.577. The van der Waals surface area contributed by atoms with Gasteiger partial charge < -0.3 is 10.4 Å². The molecule has 0 aliphatic heterocycles. The van der Waals surface area contributed by atoms with E-state index >= 15 is 0 Å². The summed E-state index contributed by atoms with van der Waals surface area (Å²) >= 11 is 5.93. The van der Waals surface area contributed by atoms with Gasteiger partial charge in [-0.2, -0.15) is 0 Å². The molecule has 1 fully saturated rings. The fourth-order valence-corrected chi connectivity index (χ4v) is 2.50. The molecule has 0 spiro atoms. The second-order valence-electron chi connectivity index (χ2n) is 4.78. The maximum absolute atomic E-state index is 9.50. The smallest absolute Gasteiger partial charge is 0.224 e. The van der Waals surface area contributed by atoms with Crippen LogP contribution in [0.25, 0.3) is 10.9 Å². The number of para-hydroxylation sites is 1. The third-order valence-corrected chi connectivity index (χ3v) is 3.74. The summed E-state index contributed by atoms with van der Waals surface area (Å²) in [4.78, 5) is 8.44. The maximum Gasteiger partial charge on any atom is 0.224 e. The molecule has 2 N–H and O–H groups in total. The molecular weight excluding hydrogens is 250 g/mol. The van der Waals surface area contributed by atoms with Gasteiger partial charge >= 0.3 is 0 Å². The number of nitrogens with one attached hydrogen (secondary N) is 1. The second-order valence-corrected chi connectivity index (χ2v) is 5.11. The number of aliphatic hydroxyl groups is 1. The van der Waals surface area contributed by atoms with Crippen LogP contribution < -0.4 is 5.32 Å². The lowest BCUT2D eigenvalue weighted by Gasteiger charge is -2.41. The van der Waals surface area contributed by atoms with Crippen LogP contribution in [0.3, 0.4) is 0 Å². The van der Waals surface area contributed by atoms with Crippen LogP contribution in [0, 0.1) is 0 Å². The normalized spacial score (nSPS) is 17.4. The van der Waals surface area contributed by atoms with E-state index in [0.717, 1.165) is 30.2 Å². The minimum absolute atomic E-state index is 0.114. The zero-order valence-corrected chi connectivity index (χ0v) is 10.6. The van der Waals surface area contributed by atoms with Crippen LogP contribution in [0.1, 0.15) is 19.3 Å². The van der Waals surface area contributed by atoms with Crippen molar-refractivity contribution in [2.24, 2.45) is 0 Å². The molecule has 0 bridgehead atoms. The molecule has 94 valence electrons. The van der Waals surface area contributed by atoms with Gasteiger partial charge in [-0.25, -0.2) is 9.97 Å². The Morgan fingerprint density at radius 3 is 2.72 bits per heavy atom. The molecule has 3 rings (SSSR count). The first-order chi connectivity index (χ1) is 8.72. The van der Waals surface area contributed by atoms with Gasteiger partial charge in [0.05, 0.1) is 17.7 Å². The molecule has 1 heterocycles. The summed E-state index contributed by atoms with van der Waals surface area (Å²) in [6.07, 6.45) is 3.04. The van der Waals surface area contributed by atoms with E-state index in [9.17, 15) is 5.11 Å². The fourth-order valence-electron chi connectivity index (χ4n) is 2.32. The fraction of sp³-hybridized carbons (Fsp3) is 0.385. The number of hydrogen-bond acceptors (Lipinski definition) is 4. The van der Waals surface area contributed by atoms with Gasteiger partial charge in [0, 0.05) is 5.39 Å². The summed E-state index contributed by atoms with van der Waals surface area (Å²) in [5, 5.41) is 14.0. The summed E-state index contributed by atoms with van der Waals surface area (Å²) < 4.78 is 0. The molecule has 0 radical (unpaired) electrons. The third kappa shape index (κ3) is 1.91. The quantitative estimate of drug-likeness (QED) is 0.836. The van der Waals surface area contributed by atoms with Crippen LogP contribution in [0.5, 0.6) is 0 Å². The van der Waals surface area contributed by atoms with Crippen molar-refractivity contribution in [2.45, 2.75) is 24.8 Å². The molecule has 5 heteroatoms. The highest BCUT2D eigenvalue weighted by atomic mass is 35.5. The highest BCUT2D eigenvalue weighted by Crippen LogP contribution is 2.36. The Hall–Kier alpha value is -1.39. The zero-order chi connectivity index (χ0) is 12.6. The standard InChI is InChI=1S/C13H14ClN3O/c14-12-15-10-5-2-1-4-9(10)11(16-12)17-13(8-18)6-3-7-13/h1-2,4-5,18H,3,6-8H2,(H,15,16,17). The lowest BCUT2D eigenvalue weighted by molar-refractivity contribution is 0.144.